The number of likely N-dealkylation sites (N-methyl/N-ethyl adjacent to an activating group) is 1. The summed E-state index contributed by atoms with van der Waals surface area (Å²) in [7, 11) is 3.54. The lowest BCUT2D eigenvalue weighted by atomic mass is 9.83. The number of allylic oxidation sites excluding steroid dienone is 2. The maximum absolute atomic E-state index is 12.7. The van der Waals surface area contributed by atoms with Crippen LogP contribution in [0, 0.1) is 17.8 Å². The second-order valence-corrected chi connectivity index (χ2v) is 16.1. The number of cyclic esters (lactones) is 1. The number of carbonyl (C=O) groups is 3. The molecule has 14 nitrogen and oxygen atoms in total. The predicted molar refractivity (Wildman–Crippen MR) is 194 cm³/mol. The van der Waals surface area contributed by atoms with Crippen LogP contribution in [0.25, 0.3) is 0 Å². The maximum atomic E-state index is 12.7. The molecule has 3 aliphatic rings. The molecule has 3 aliphatic heterocycles. The molecule has 0 radical (unpaired) electrons. The zero-order chi connectivity index (χ0) is 39.6. The molecule has 0 spiro atoms. The normalized spacial score (nSPS) is 42.1. The van der Waals surface area contributed by atoms with Gasteiger partial charge in [0, 0.05) is 32.1 Å². The van der Waals surface area contributed by atoms with Crippen LogP contribution in [0.4, 0.5) is 0 Å². The number of carbonyl (C=O) groups excluding carboxylic acids is 3. The molecule has 53 heavy (non-hydrogen) atoms. The fraction of sp³-hybridized carbons (Fsp3) is 0.821. The summed E-state index contributed by atoms with van der Waals surface area (Å²) in [4.78, 5) is 38.9. The summed E-state index contributed by atoms with van der Waals surface area (Å²) in [6, 6.07) is -0.703. The summed E-state index contributed by atoms with van der Waals surface area (Å²) in [5.74, 6) is -1.73. The summed E-state index contributed by atoms with van der Waals surface area (Å²) >= 11 is 0. The molecule has 14 heteroatoms. The molecule has 4 N–H and O–H groups in total. The smallest absolute Gasteiger partial charge is 0.308 e. The van der Waals surface area contributed by atoms with Gasteiger partial charge in [-0.15, -0.1) is 0 Å². The lowest BCUT2D eigenvalue weighted by molar-refractivity contribution is -0.340. The average Bonchev–Trinajstić information content (AvgIpc) is 3.03. The van der Waals surface area contributed by atoms with E-state index < -0.39 is 97.0 Å². The predicted octanol–water partition coefficient (Wildman–Crippen LogP) is 2.82. The van der Waals surface area contributed by atoms with Gasteiger partial charge in [0.05, 0.1) is 43.0 Å². The van der Waals surface area contributed by atoms with Gasteiger partial charge in [-0.05, 0) is 66.0 Å². The maximum Gasteiger partial charge on any atom is 0.308 e. The van der Waals surface area contributed by atoms with Crippen LogP contribution in [0.3, 0.4) is 0 Å². The molecular formula is C39H65NO13. The van der Waals surface area contributed by atoms with Crippen LogP contribution in [0.1, 0.15) is 93.4 Å². The number of nitrogens with zero attached hydrogens (tertiary/aromatic N) is 1. The fourth-order valence-electron chi connectivity index (χ4n) is 7.48. The van der Waals surface area contributed by atoms with Crippen LogP contribution in [-0.2, 0) is 42.8 Å². The SMILES string of the molecule is CC(C)CC(=O)O[C@@H]1[C@H](C)O[C@H](O[C@H]2[C@H](N(C)C)[C@H](O)[C@@H](O[C@@H]3C[C@H](O)CC(=O)O[C@H](C)C/C=C/C=C/[C@H](O)[C@H](C)C[C@@H]3CC=O)O[C@H]2C)C[C@]1(C)O. The Morgan fingerprint density at radius 1 is 1.06 bits per heavy atom. The lowest BCUT2D eigenvalue weighted by Crippen LogP contribution is -2.65. The third kappa shape index (κ3) is 13.5. The quantitative estimate of drug-likeness (QED) is 0.188. The first-order valence-electron chi connectivity index (χ1n) is 19.0. The summed E-state index contributed by atoms with van der Waals surface area (Å²) < 4.78 is 36.4. The van der Waals surface area contributed by atoms with Gasteiger partial charge in [0.25, 0.3) is 0 Å². The van der Waals surface area contributed by atoms with Crippen molar-refractivity contribution in [3.63, 3.8) is 0 Å². The molecule has 3 rings (SSSR count). The van der Waals surface area contributed by atoms with Crippen LogP contribution in [0.15, 0.2) is 24.3 Å². The number of aliphatic hydroxyl groups excluding tert-OH is 3. The highest BCUT2D eigenvalue weighted by Gasteiger charge is 2.52. The van der Waals surface area contributed by atoms with Crippen LogP contribution < -0.4 is 0 Å². The molecule has 2 saturated heterocycles. The van der Waals surface area contributed by atoms with Gasteiger partial charge in [0.1, 0.15) is 30.2 Å². The van der Waals surface area contributed by atoms with Gasteiger partial charge in [-0.1, -0.05) is 45.1 Å². The van der Waals surface area contributed by atoms with Gasteiger partial charge < -0.3 is 58.5 Å². The van der Waals surface area contributed by atoms with Crippen molar-refractivity contribution in [1.29, 1.82) is 0 Å². The van der Waals surface area contributed by atoms with Gasteiger partial charge in [-0.3, -0.25) is 9.59 Å². The van der Waals surface area contributed by atoms with Crippen LogP contribution in [-0.4, -0.2) is 137 Å². The van der Waals surface area contributed by atoms with Crippen molar-refractivity contribution in [2.75, 3.05) is 14.1 Å². The molecule has 304 valence electrons. The first-order valence-corrected chi connectivity index (χ1v) is 19.0. The minimum absolute atomic E-state index is 0.0135. The largest absolute Gasteiger partial charge is 0.462 e. The molecule has 0 saturated carbocycles. The van der Waals surface area contributed by atoms with Crippen molar-refractivity contribution in [2.45, 2.75) is 173 Å². The Hall–Kier alpha value is -2.27. The second-order valence-electron chi connectivity index (χ2n) is 16.1. The van der Waals surface area contributed by atoms with E-state index in [1.54, 1.807) is 64.9 Å². The highest BCUT2D eigenvalue weighted by molar-refractivity contribution is 5.70. The molecule has 0 bridgehead atoms. The van der Waals surface area contributed by atoms with E-state index in [-0.39, 0.29) is 43.9 Å². The highest BCUT2D eigenvalue weighted by Crippen LogP contribution is 2.37. The minimum Gasteiger partial charge on any atom is -0.462 e. The van der Waals surface area contributed by atoms with Crippen LogP contribution in [0.5, 0.6) is 0 Å². The van der Waals surface area contributed by atoms with E-state index in [2.05, 4.69) is 0 Å². The van der Waals surface area contributed by atoms with Crippen molar-refractivity contribution in [1.82, 2.24) is 4.90 Å². The zero-order valence-corrected chi connectivity index (χ0v) is 32.9. The Balaban J connectivity index is 1.83. The number of esters is 2. The van der Waals surface area contributed by atoms with Gasteiger partial charge in [-0.2, -0.15) is 0 Å². The van der Waals surface area contributed by atoms with E-state index in [4.69, 9.17) is 28.4 Å². The van der Waals surface area contributed by atoms with Crippen molar-refractivity contribution in [3.8, 4) is 0 Å². The first kappa shape index (κ1) is 45.1. The molecule has 0 aliphatic carbocycles. The van der Waals surface area contributed by atoms with E-state index >= 15 is 0 Å². The molecule has 0 aromatic carbocycles. The van der Waals surface area contributed by atoms with Gasteiger partial charge >= 0.3 is 11.9 Å². The lowest BCUT2D eigenvalue weighted by Gasteiger charge is -2.50. The third-order valence-corrected chi connectivity index (χ3v) is 10.3. The second kappa shape index (κ2) is 20.6. The highest BCUT2D eigenvalue weighted by atomic mass is 16.7. The minimum atomic E-state index is -1.47. The Kier molecular flexibility index (Phi) is 17.5. The molecular weight excluding hydrogens is 690 g/mol. The zero-order valence-electron chi connectivity index (χ0n) is 32.9. The van der Waals surface area contributed by atoms with E-state index in [1.165, 1.54) is 0 Å². The molecule has 0 aromatic rings. The van der Waals surface area contributed by atoms with Gasteiger partial charge in [0.15, 0.2) is 18.7 Å². The van der Waals surface area contributed by atoms with Crippen molar-refractivity contribution in [3.05, 3.63) is 24.3 Å². The number of aldehydes is 1. The van der Waals surface area contributed by atoms with Crippen molar-refractivity contribution in [2.24, 2.45) is 17.8 Å². The Morgan fingerprint density at radius 3 is 2.38 bits per heavy atom. The fourth-order valence-corrected chi connectivity index (χ4v) is 7.48. The molecule has 0 unspecified atom stereocenters. The Labute approximate surface area is 314 Å². The van der Waals surface area contributed by atoms with E-state index in [0.29, 0.717) is 12.8 Å². The molecule has 0 aromatic heterocycles. The topological polar surface area (TPSA) is 191 Å². The average molecular weight is 756 g/mol. The third-order valence-electron chi connectivity index (χ3n) is 10.3. The van der Waals surface area contributed by atoms with Gasteiger partial charge in [-0.25, -0.2) is 0 Å². The summed E-state index contributed by atoms with van der Waals surface area (Å²) in [6.07, 6.45) is -1.47. The molecule has 0 amide bonds. The number of hydrogen-bond donors (Lipinski definition) is 4. The standard InChI is InChI=1S/C39H65NO13/c1-22(2)17-31(44)52-37-26(6)49-33(21-39(37,7)47)53-36-25(5)50-38(35(46)34(36)40(8)9)51-30-19-28(42)20-32(45)48-24(4)13-11-10-12-14-29(43)23(3)18-27(30)15-16-41/h10-12,14,16,22-30,33-38,42-43,46-47H,13,15,17-21H2,1-9H3/b11-10+,14-12+/t23-,24-,25+,26+,27+,28+,29+,30-,33-,34-,35+,36-,37-,38-,39+/m1/s1. The monoisotopic (exact) mass is 755 g/mol. The Bertz CT molecular complexity index is 1220. The number of rotatable bonds is 10. The van der Waals surface area contributed by atoms with E-state index in [0.717, 1.165) is 6.29 Å². The van der Waals surface area contributed by atoms with Gasteiger partial charge in [0.2, 0.25) is 0 Å². The molecule has 3 heterocycles. The summed E-state index contributed by atoms with van der Waals surface area (Å²) in [5, 5.41) is 45.2. The number of hydrogen-bond acceptors (Lipinski definition) is 14. The van der Waals surface area contributed by atoms with E-state index in [1.807, 2.05) is 26.8 Å². The molecule has 2 fully saturated rings. The number of aliphatic hydroxyl groups is 4. The van der Waals surface area contributed by atoms with Crippen molar-refractivity contribution >= 4 is 18.2 Å². The van der Waals surface area contributed by atoms with Crippen LogP contribution >= 0.6 is 0 Å². The van der Waals surface area contributed by atoms with Crippen LogP contribution in [0.2, 0.25) is 0 Å². The molecule has 15 atom stereocenters. The van der Waals surface area contributed by atoms with Crippen molar-refractivity contribution < 1.29 is 63.2 Å². The summed E-state index contributed by atoms with van der Waals surface area (Å²) in [6.45, 7) is 12.4. The first-order chi connectivity index (χ1) is 24.8. The Morgan fingerprint density at radius 2 is 1.75 bits per heavy atom. The van der Waals surface area contributed by atoms with E-state index in [9.17, 15) is 34.8 Å². The summed E-state index contributed by atoms with van der Waals surface area (Å²) in [5.41, 5.74) is -1.47. The number of ether oxygens (including phenoxy) is 6.